The SMILES string of the molecule is C=C/C=C(\C=C)CO/N=C(\c1ccccc1)c1ccccn1.CC.CC. The molecule has 138 valence electrons. The van der Waals surface area contributed by atoms with Crippen LogP contribution in [0.4, 0.5) is 0 Å². The van der Waals surface area contributed by atoms with Gasteiger partial charge < -0.3 is 4.84 Å². The molecule has 0 aliphatic heterocycles. The van der Waals surface area contributed by atoms with Crippen LogP contribution in [0, 0.1) is 0 Å². The summed E-state index contributed by atoms with van der Waals surface area (Å²) >= 11 is 0. The standard InChI is InChI=1S/C19H18N2O.2C2H6/c1-3-10-16(4-2)15-22-21-19(17-11-6-5-7-12-17)18-13-8-9-14-20-18;2*1-2/h3-14H,1-2,15H2;2*1-2H3/b16-10+,21-19+;;. The number of rotatable bonds is 7. The van der Waals surface area contributed by atoms with E-state index in [-0.39, 0.29) is 0 Å². The van der Waals surface area contributed by atoms with Gasteiger partial charge in [-0.1, -0.05) is 101 Å². The molecular formula is C23H30N2O. The first kappa shape index (κ1) is 23.1. The molecule has 0 unspecified atom stereocenters. The van der Waals surface area contributed by atoms with Crippen molar-refractivity contribution in [1.29, 1.82) is 0 Å². The van der Waals surface area contributed by atoms with Gasteiger partial charge in [0, 0.05) is 11.8 Å². The summed E-state index contributed by atoms with van der Waals surface area (Å²) < 4.78 is 0. The number of allylic oxidation sites excluding steroid dienone is 2. The van der Waals surface area contributed by atoms with Crippen molar-refractivity contribution < 1.29 is 4.84 Å². The van der Waals surface area contributed by atoms with Gasteiger partial charge in [0.2, 0.25) is 0 Å². The number of pyridine rings is 1. The molecule has 1 aromatic heterocycles. The van der Waals surface area contributed by atoms with Gasteiger partial charge in [-0.25, -0.2) is 0 Å². The van der Waals surface area contributed by atoms with Gasteiger partial charge in [0.25, 0.3) is 0 Å². The Morgan fingerprint density at radius 3 is 2.19 bits per heavy atom. The van der Waals surface area contributed by atoms with E-state index in [0.29, 0.717) is 12.3 Å². The second-order valence-electron chi connectivity index (χ2n) is 4.48. The lowest BCUT2D eigenvalue weighted by molar-refractivity contribution is 0.170. The first-order valence-corrected chi connectivity index (χ1v) is 8.96. The van der Waals surface area contributed by atoms with E-state index in [0.717, 1.165) is 16.8 Å². The van der Waals surface area contributed by atoms with E-state index >= 15 is 0 Å². The van der Waals surface area contributed by atoms with Crippen LogP contribution in [-0.2, 0) is 4.84 Å². The fourth-order valence-electron chi connectivity index (χ4n) is 1.84. The minimum atomic E-state index is 0.332. The Hall–Kier alpha value is -2.94. The van der Waals surface area contributed by atoms with Gasteiger partial charge in [-0.05, 0) is 17.7 Å². The Balaban J connectivity index is 0.00000146. The summed E-state index contributed by atoms with van der Waals surface area (Å²) in [5.41, 5.74) is 3.33. The molecule has 0 fully saturated rings. The highest BCUT2D eigenvalue weighted by molar-refractivity contribution is 6.11. The smallest absolute Gasteiger partial charge is 0.142 e. The summed E-state index contributed by atoms with van der Waals surface area (Å²) in [6.45, 7) is 15.7. The van der Waals surface area contributed by atoms with Crippen LogP contribution in [0.1, 0.15) is 39.0 Å². The first-order chi connectivity index (χ1) is 12.8. The maximum atomic E-state index is 5.47. The molecule has 2 aromatic rings. The number of hydrogen-bond donors (Lipinski definition) is 0. The molecule has 1 aromatic carbocycles. The second kappa shape index (κ2) is 15.6. The number of oxime groups is 1. The molecule has 26 heavy (non-hydrogen) atoms. The van der Waals surface area contributed by atoms with E-state index in [4.69, 9.17) is 4.84 Å². The molecule has 0 radical (unpaired) electrons. The topological polar surface area (TPSA) is 34.5 Å². The molecule has 0 amide bonds. The van der Waals surface area contributed by atoms with Crippen molar-refractivity contribution in [3.05, 3.63) is 103 Å². The lowest BCUT2D eigenvalue weighted by atomic mass is 10.1. The molecule has 2 rings (SSSR count). The Morgan fingerprint density at radius 2 is 1.65 bits per heavy atom. The lowest BCUT2D eigenvalue weighted by Crippen LogP contribution is -2.07. The van der Waals surface area contributed by atoms with Gasteiger partial charge in [-0.2, -0.15) is 0 Å². The molecule has 0 saturated heterocycles. The van der Waals surface area contributed by atoms with E-state index in [9.17, 15) is 0 Å². The molecular weight excluding hydrogens is 320 g/mol. The third kappa shape index (κ3) is 8.25. The molecule has 1 heterocycles. The van der Waals surface area contributed by atoms with Crippen LogP contribution in [0.3, 0.4) is 0 Å². The third-order valence-electron chi connectivity index (χ3n) is 2.94. The Kier molecular flexibility index (Phi) is 13.8. The van der Waals surface area contributed by atoms with E-state index < -0.39 is 0 Å². The van der Waals surface area contributed by atoms with Gasteiger partial charge in [0.15, 0.2) is 0 Å². The Morgan fingerprint density at radius 1 is 1.00 bits per heavy atom. The van der Waals surface area contributed by atoms with Gasteiger partial charge in [0.05, 0.1) is 5.69 Å². The predicted molar refractivity (Wildman–Crippen MR) is 113 cm³/mol. The largest absolute Gasteiger partial charge is 0.390 e. The van der Waals surface area contributed by atoms with Crippen LogP contribution < -0.4 is 0 Å². The predicted octanol–water partition coefficient (Wildman–Crippen LogP) is 6.20. The van der Waals surface area contributed by atoms with Crippen LogP contribution in [0.2, 0.25) is 0 Å². The van der Waals surface area contributed by atoms with Crippen LogP contribution in [0.5, 0.6) is 0 Å². The molecule has 0 bridgehead atoms. The number of nitrogens with zero attached hydrogens (tertiary/aromatic N) is 2. The minimum Gasteiger partial charge on any atom is -0.390 e. The van der Waals surface area contributed by atoms with Crippen molar-refractivity contribution >= 4 is 5.71 Å². The average Bonchev–Trinajstić information content (AvgIpc) is 2.74. The zero-order chi connectivity index (χ0) is 19.6. The third-order valence-corrected chi connectivity index (χ3v) is 2.94. The zero-order valence-corrected chi connectivity index (χ0v) is 16.4. The van der Waals surface area contributed by atoms with E-state index in [2.05, 4.69) is 23.3 Å². The summed E-state index contributed by atoms with van der Waals surface area (Å²) in [6, 6.07) is 15.5. The highest BCUT2D eigenvalue weighted by atomic mass is 16.6. The summed E-state index contributed by atoms with van der Waals surface area (Å²) in [5, 5.41) is 4.27. The molecule has 0 N–H and O–H groups in total. The number of aromatic nitrogens is 1. The van der Waals surface area contributed by atoms with Crippen molar-refractivity contribution in [3.63, 3.8) is 0 Å². The molecule has 0 aliphatic carbocycles. The second-order valence-corrected chi connectivity index (χ2v) is 4.48. The molecule has 0 saturated carbocycles. The van der Waals surface area contributed by atoms with Crippen LogP contribution in [0.25, 0.3) is 0 Å². The van der Waals surface area contributed by atoms with Gasteiger partial charge in [-0.3, -0.25) is 4.98 Å². The van der Waals surface area contributed by atoms with Crippen molar-refractivity contribution in [2.75, 3.05) is 6.61 Å². The fourth-order valence-corrected chi connectivity index (χ4v) is 1.84. The maximum Gasteiger partial charge on any atom is 0.142 e. The van der Waals surface area contributed by atoms with E-state index in [1.54, 1.807) is 18.3 Å². The number of hydrogen-bond acceptors (Lipinski definition) is 3. The molecule has 0 aliphatic rings. The lowest BCUT2D eigenvalue weighted by Gasteiger charge is -2.07. The summed E-state index contributed by atoms with van der Waals surface area (Å²) in [7, 11) is 0. The average molecular weight is 351 g/mol. The fraction of sp³-hybridized carbons (Fsp3) is 0.217. The van der Waals surface area contributed by atoms with Gasteiger partial charge in [-0.15, -0.1) is 0 Å². The minimum absolute atomic E-state index is 0.332. The Bertz CT molecular complexity index is 632. The normalized spacial score (nSPS) is 10.5. The monoisotopic (exact) mass is 350 g/mol. The van der Waals surface area contributed by atoms with E-state index in [1.165, 1.54) is 0 Å². The van der Waals surface area contributed by atoms with Gasteiger partial charge in [0.1, 0.15) is 12.3 Å². The van der Waals surface area contributed by atoms with Crippen LogP contribution in [0.15, 0.2) is 96.8 Å². The van der Waals surface area contributed by atoms with Crippen molar-refractivity contribution in [1.82, 2.24) is 4.98 Å². The molecule has 0 spiro atoms. The number of benzene rings is 1. The molecule has 0 atom stereocenters. The molecule has 3 nitrogen and oxygen atoms in total. The quantitative estimate of drug-likeness (QED) is 0.338. The summed E-state index contributed by atoms with van der Waals surface area (Å²) in [6.07, 6.45) is 6.99. The highest BCUT2D eigenvalue weighted by Gasteiger charge is 2.08. The van der Waals surface area contributed by atoms with Gasteiger partial charge >= 0.3 is 0 Å². The summed E-state index contributed by atoms with van der Waals surface area (Å²) in [5.74, 6) is 0. The van der Waals surface area contributed by atoms with Crippen LogP contribution in [-0.4, -0.2) is 17.3 Å². The van der Waals surface area contributed by atoms with E-state index in [1.807, 2.05) is 82.3 Å². The summed E-state index contributed by atoms with van der Waals surface area (Å²) in [4.78, 5) is 9.82. The maximum absolute atomic E-state index is 5.47. The zero-order valence-electron chi connectivity index (χ0n) is 16.4. The van der Waals surface area contributed by atoms with Crippen LogP contribution >= 0.6 is 0 Å². The van der Waals surface area contributed by atoms with Crippen molar-refractivity contribution in [3.8, 4) is 0 Å². The molecule has 3 heteroatoms. The Labute approximate surface area is 158 Å². The first-order valence-electron chi connectivity index (χ1n) is 8.96. The van der Waals surface area contributed by atoms with Crippen molar-refractivity contribution in [2.24, 2.45) is 5.16 Å². The van der Waals surface area contributed by atoms with Crippen molar-refractivity contribution in [2.45, 2.75) is 27.7 Å². The highest BCUT2D eigenvalue weighted by Crippen LogP contribution is 2.09.